The average Bonchev–Trinajstić information content (AvgIpc) is 3.19. The van der Waals surface area contributed by atoms with Crippen LogP contribution in [-0.2, 0) is 11.3 Å². The molecule has 10 heteroatoms. The van der Waals surface area contributed by atoms with E-state index in [1.807, 2.05) is 18.2 Å². The molecule has 210 valence electrons. The number of para-hydroxylation sites is 1. The lowest BCUT2D eigenvalue weighted by molar-refractivity contribution is -0.192. The van der Waals surface area contributed by atoms with Crippen LogP contribution in [0.2, 0.25) is 0 Å². The maximum atomic E-state index is 11.8. The number of fused-ring (bicyclic) bond motifs is 5. The van der Waals surface area contributed by atoms with Gasteiger partial charge in [0.05, 0.1) is 17.9 Å². The molecule has 2 aliphatic rings. The first-order valence-corrected chi connectivity index (χ1v) is 13.0. The van der Waals surface area contributed by atoms with Crippen LogP contribution in [0.4, 0.5) is 13.2 Å². The number of hydrogen-bond acceptors (Lipinski definition) is 4. The number of aliphatic carboxylic acids is 1. The van der Waals surface area contributed by atoms with Gasteiger partial charge in [-0.05, 0) is 62.7 Å². The lowest BCUT2D eigenvalue weighted by Crippen LogP contribution is -2.31. The zero-order valence-electron chi connectivity index (χ0n) is 22.0. The van der Waals surface area contributed by atoms with E-state index in [1.165, 1.54) is 48.7 Å². The maximum absolute atomic E-state index is 11.8. The minimum atomic E-state index is -5.08. The van der Waals surface area contributed by atoms with Gasteiger partial charge in [0.25, 0.3) is 0 Å². The molecule has 2 aromatic carbocycles. The van der Waals surface area contributed by atoms with Gasteiger partial charge in [0.2, 0.25) is 0 Å². The Kier molecular flexibility index (Phi) is 8.54. The summed E-state index contributed by atoms with van der Waals surface area (Å²) in [6.45, 7) is 2.37. The monoisotopic (exact) mass is 546 g/mol. The molecule has 39 heavy (non-hydrogen) atoms. The molecule has 7 nitrogen and oxygen atoms in total. The Morgan fingerprint density at radius 3 is 2.33 bits per heavy atom. The number of carboxylic acids is 2. The fourth-order valence-electron chi connectivity index (χ4n) is 5.73. The zero-order valence-corrected chi connectivity index (χ0v) is 22.0. The van der Waals surface area contributed by atoms with Crippen LogP contribution in [0.25, 0.3) is 22.2 Å². The van der Waals surface area contributed by atoms with Crippen molar-refractivity contribution in [1.29, 1.82) is 0 Å². The van der Waals surface area contributed by atoms with E-state index in [0.717, 1.165) is 29.9 Å². The molecule has 0 saturated heterocycles. The number of ether oxygens (including phenoxy) is 1. The van der Waals surface area contributed by atoms with Gasteiger partial charge in [-0.25, -0.2) is 9.59 Å². The molecule has 2 heterocycles. The smallest absolute Gasteiger partial charge is 0.490 e. The van der Waals surface area contributed by atoms with E-state index in [2.05, 4.69) is 41.8 Å². The standard InChI is InChI=1S/C27H32N2O3.C2HF3O2/c1-28(2)15-18-16-29-23-14-20(27(30)31)12-13-21(23)25(19-8-4-3-5-9-19)26(29)22-10-6-7-11-24(22)32-17-18;3-2(4,5)1(6)7/h6-7,10-14,18-19H,3-5,8-9,15-17H2,1-2H3,(H,30,31);(H,6,7). The Morgan fingerprint density at radius 1 is 1.05 bits per heavy atom. The number of halogens is 3. The summed E-state index contributed by atoms with van der Waals surface area (Å²) in [5, 5.41) is 18.0. The first-order valence-electron chi connectivity index (χ1n) is 13.0. The Hall–Kier alpha value is -3.53. The van der Waals surface area contributed by atoms with Gasteiger partial charge in [0, 0.05) is 35.5 Å². The van der Waals surface area contributed by atoms with Gasteiger partial charge >= 0.3 is 18.1 Å². The normalized spacial score (nSPS) is 17.7. The molecule has 0 amide bonds. The summed E-state index contributed by atoms with van der Waals surface area (Å²) in [5.74, 6) is -1.90. The lowest BCUT2D eigenvalue weighted by atomic mass is 9.81. The summed E-state index contributed by atoms with van der Waals surface area (Å²) < 4.78 is 40.5. The van der Waals surface area contributed by atoms with Gasteiger partial charge in [-0.15, -0.1) is 0 Å². The van der Waals surface area contributed by atoms with Crippen LogP contribution >= 0.6 is 0 Å². The molecule has 0 bridgehead atoms. The molecule has 1 unspecified atom stereocenters. The van der Waals surface area contributed by atoms with Crippen molar-refractivity contribution in [2.75, 3.05) is 27.2 Å². The van der Waals surface area contributed by atoms with Gasteiger partial charge in [0.1, 0.15) is 5.75 Å². The van der Waals surface area contributed by atoms with Crippen LogP contribution in [0.5, 0.6) is 5.75 Å². The van der Waals surface area contributed by atoms with Crippen LogP contribution in [-0.4, -0.2) is 65.0 Å². The second-order valence-corrected chi connectivity index (χ2v) is 10.5. The van der Waals surface area contributed by atoms with E-state index in [1.54, 1.807) is 6.07 Å². The van der Waals surface area contributed by atoms with Crippen LogP contribution in [0, 0.1) is 5.92 Å². The highest BCUT2D eigenvalue weighted by Gasteiger charge is 2.38. The SMILES string of the molecule is CN(C)CC1COc2ccccc2-c2c(C3CCCCC3)c3ccc(C(=O)O)cc3n2C1.O=C(O)C(F)(F)F. The zero-order chi connectivity index (χ0) is 28.3. The quantitative estimate of drug-likeness (QED) is 0.402. The first-order chi connectivity index (χ1) is 18.5. The number of nitrogens with zero attached hydrogens (tertiary/aromatic N) is 2. The maximum Gasteiger partial charge on any atom is 0.490 e. The van der Waals surface area contributed by atoms with Crippen LogP contribution < -0.4 is 4.74 Å². The van der Waals surface area contributed by atoms with Crippen molar-refractivity contribution in [2.24, 2.45) is 5.92 Å². The highest BCUT2D eigenvalue weighted by molar-refractivity contribution is 5.98. The van der Waals surface area contributed by atoms with E-state index >= 15 is 0 Å². The van der Waals surface area contributed by atoms with Gasteiger partial charge in [-0.3, -0.25) is 0 Å². The summed E-state index contributed by atoms with van der Waals surface area (Å²) >= 11 is 0. The van der Waals surface area contributed by atoms with E-state index in [0.29, 0.717) is 24.0 Å². The molecule has 0 spiro atoms. The Bertz CT molecular complexity index is 1340. The highest BCUT2D eigenvalue weighted by atomic mass is 19.4. The third kappa shape index (κ3) is 6.38. The van der Waals surface area contributed by atoms with Crippen LogP contribution in [0.1, 0.15) is 53.9 Å². The molecule has 1 aromatic heterocycles. The summed E-state index contributed by atoms with van der Waals surface area (Å²) in [7, 11) is 4.19. The minimum absolute atomic E-state index is 0.306. The summed E-state index contributed by atoms with van der Waals surface area (Å²) in [5.41, 5.74) is 5.14. The number of carboxylic acid groups (broad SMARTS) is 2. The van der Waals surface area contributed by atoms with E-state index < -0.39 is 18.1 Å². The number of carbonyl (C=O) groups is 2. The molecule has 0 radical (unpaired) electrons. The fourth-order valence-corrected chi connectivity index (χ4v) is 5.73. The van der Waals surface area contributed by atoms with Crippen molar-refractivity contribution in [2.45, 2.75) is 50.7 Å². The second-order valence-electron chi connectivity index (χ2n) is 10.5. The van der Waals surface area contributed by atoms with Crippen LogP contribution in [0.15, 0.2) is 42.5 Å². The molecule has 1 saturated carbocycles. The number of aromatic carboxylic acids is 1. The largest absolute Gasteiger partial charge is 0.492 e. The Labute approximate surface area is 224 Å². The van der Waals surface area contributed by atoms with Gasteiger partial charge in [0.15, 0.2) is 0 Å². The van der Waals surface area contributed by atoms with E-state index in [-0.39, 0.29) is 0 Å². The van der Waals surface area contributed by atoms with E-state index in [4.69, 9.17) is 14.6 Å². The van der Waals surface area contributed by atoms with Crippen molar-refractivity contribution in [3.8, 4) is 17.0 Å². The molecule has 1 aliphatic heterocycles. The number of aromatic nitrogens is 1. The predicted octanol–water partition coefficient (Wildman–Crippen LogP) is 6.26. The highest BCUT2D eigenvalue weighted by Crippen LogP contribution is 2.47. The third-order valence-corrected chi connectivity index (χ3v) is 7.29. The van der Waals surface area contributed by atoms with Crippen molar-refractivity contribution >= 4 is 22.8 Å². The number of rotatable bonds is 4. The van der Waals surface area contributed by atoms with E-state index in [9.17, 15) is 23.1 Å². The van der Waals surface area contributed by atoms with Gasteiger partial charge in [-0.1, -0.05) is 37.5 Å². The molecule has 1 aliphatic carbocycles. The topological polar surface area (TPSA) is 92.0 Å². The van der Waals surface area contributed by atoms with Gasteiger partial charge in [-0.2, -0.15) is 13.2 Å². The van der Waals surface area contributed by atoms with Crippen molar-refractivity contribution in [1.82, 2.24) is 9.47 Å². The average molecular weight is 547 g/mol. The number of hydrogen-bond donors (Lipinski definition) is 2. The summed E-state index contributed by atoms with van der Waals surface area (Å²) in [4.78, 5) is 22.9. The molecular weight excluding hydrogens is 513 g/mol. The fraction of sp³-hybridized carbons (Fsp3) is 0.448. The minimum Gasteiger partial charge on any atom is -0.492 e. The number of alkyl halides is 3. The predicted molar refractivity (Wildman–Crippen MR) is 141 cm³/mol. The molecule has 5 rings (SSSR count). The number of benzene rings is 2. The Balaban J connectivity index is 0.000000448. The summed E-state index contributed by atoms with van der Waals surface area (Å²) in [6, 6.07) is 14.0. The van der Waals surface area contributed by atoms with Crippen molar-refractivity contribution < 1.29 is 37.7 Å². The molecule has 1 atom stereocenters. The van der Waals surface area contributed by atoms with Gasteiger partial charge < -0.3 is 24.4 Å². The van der Waals surface area contributed by atoms with Crippen molar-refractivity contribution in [3.05, 3.63) is 53.6 Å². The molecule has 2 N–H and O–H groups in total. The Morgan fingerprint density at radius 2 is 1.72 bits per heavy atom. The summed E-state index contributed by atoms with van der Waals surface area (Å²) in [6.07, 6.45) is 1.11. The molecule has 3 aromatic rings. The van der Waals surface area contributed by atoms with Crippen LogP contribution in [0.3, 0.4) is 0 Å². The molecule has 1 fully saturated rings. The molecular formula is C29H33F3N2O5. The van der Waals surface area contributed by atoms with Crippen molar-refractivity contribution in [3.63, 3.8) is 0 Å². The second kappa shape index (κ2) is 11.7. The first kappa shape index (κ1) is 28.5. The lowest BCUT2D eigenvalue weighted by Gasteiger charge is -2.29. The third-order valence-electron chi connectivity index (χ3n) is 7.29.